The van der Waals surface area contributed by atoms with Crippen molar-refractivity contribution < 1.29 is 13.5 Å². The molecular weight excluding hydrogens is 272 g/mol. The van der Waals surface area contributed by atoms with Crippen LogP contribution in [0.1, 0.15) is 11.6 Å². The second-order valence-corrected chi connectivity index (χ2v) is 4.44. The predicted molar refractivity (Wildman–Crippen MR) is 70.2 cm³/mol. The predicted octanol–water partition coefficient (Wildman–Crippen LogP) is 3.70. The third kappa shape index (κ3) is 3.43. The van der Waals surface area contributed by atoms with Gasteiger partial charge in [0.25, 0.3) is 0 Å². The second kappa shape index (κ2) is 5.99. The lowest BCUT2D eigenvalue weighted by atomic mass is 10.1. The molecule has 2 N–H and O–H groups in total. The van der Waals surface area contributed by atoms with Gasteiger partial charge in [-0.25, -0.2) is 8.78 Å². The minimum Gasteiger partial charge on any atom is -0.492 e. The molecule has 0 aliphatic rings. The summed E-state index contributed by atoms with van der Waals surface area (Å²) in [6.07, 6.45) is 0. The number of benzene rings is 2. The zero-order valence-corrected chi connectivity index (χ0v) is 10.7. The highest BCUT2D eigenvalue weighted by atomic mass is 35.5. The monoisotopic (exact) mass is 283 g/mol. The highest BCUT2D eigenvalue weighted by molar-refractivity contribution is 6.30. The Morgan fingerprint density at radius 3 is 2.21 bits per heavy atom. The van der Waals surface area contributed by atoms with E-state index in [4.69, 9.17) is 22.1 Å². The summed E-state index contributed by atoms with van der Waals surface area (Å²) in [5.74, 6) is -0.809. The van der Waals surface area contributed by atoms with Crippen LogP contribution < -0.4 is 10.5 Å². The summed E-state index contributed by atoms with van der Waals surface area (Å²) >= 11 is 5.73. The van der Waals surface area contributed by atoms with Crippen molar-refractivity contribution >= 4 is 11.6 Å². The van der Waals surface area contributed by atoms with Gasteiger partial charge in [-0.2, -0.15) is 0 Å². The lowest BCUT2D eigenvalue weighted by molar-refractivity contribution is 0.284. The van der Waals surface area contributed by atoms with Gasteiger partial charge >= 0.3 is 0 Å². The van der Waals surface area contributed by atoms with E-state index in [1.165, 1.54) is 18.2 Å². The van der Waals surface area contributed by atoms with Crippen molar-refractivity contribution in [2.45, 2.75) is 6.04 Å². The van der Waals surface area contributed by atoms with E-state index < -0.39 is 17.7 Å². The number of halogens is 3. The van der Waals surface area contributed by atoms with Crippen molar-refractivity contribution in [3.8, 4) is 5.75 Å². The maximum absolute atomic E-state index is 13.5. The maximum atomic E-state index is 13.5. The summed E-state index contributed by atoms with van der Waals surface area (Å²) in [5, 5.41) is 0.580. The number of ether oxygens (including phenoxy) is 1. The first-order valence-electron chi connectivity index (χ1n) is 5.66. The molecule has 0 saturated carbocycles. The van der Waals surface area contributed by atoms with Gasteiger partial charge in [0.2, 0.25) is 0 Å². The van der Waals surface area contributed by atoms with Crippen molar-refractivity contribution in [2.24, 2.45) is 5.73 Å². The largest absolute Gasteiger partial charge is 0.492 e. The van der Waals surface area contributed by atoms with Crippen LogP contribution in [0.5, 0.6) is 5.75 Å². The summed E-state index contributed by atoms with van der Waals surface area (Å²) < 4.78 is 32.3. The zero-order valence-electron chi connectivity index (χ0n) is 9.95. The van der Waals surface area contributed by atoms with Crippen LogP contribution in [0, 0.1) is 11.6 Å². The molecule has 2 rings (SSSR count). The van der Waals surface area contributed by atoms with Crippen LogP contribution in [0.15, 0.2) is 42.5 Å². The molecule has 0 radical (unpaired) electrons. The highest BCUT2D eigenvalue weighted by Crippen LogP contribution is 2.21. The van der Waals surface area contributed by atoms with Crippen molar-refractivity contribution in [2.75, 3.05) is 6.61 Å². The minimum atomic E-state index is -0.878. The molecule has 0 spiro atoms. The number of hydrogen-bond acceptors (Lipinski definition) is 2. The molecule has 0 fully saturated rings. The lowest BCUT2D eigenvalue weighted by Crippen LogP contribution is -2.21. The molecule has 1 atom stereocenters. The fourth-order valence-corrected chi connectivity index (χ4v) is 1.79. The molecule has 0 aliphatic heterocycles. The van der Waals surface area contributed by atoms with Crippen LogP contribution in [0.25, 0.3) is 0 Å². The van der Waals surface area contributed by atoms with Crippen LogP contribution in [0.4, 0.5) is 8.78 Å². The summed E-state index contributed by atoms with van der Waals surface area (Å²) in [7, 11) is 0. The molecule has 0 aromatic heterocycles. The van der Waals surface area contributed by atoms with Crippen molar-refractivity contribution in [3.63, 3.8) is 0 Å². The Hall–Kier alpha value is -1.65. The lowest BCUT2D eigenvalue weighted by Gasteiger charge is -2.15. The van der Waals surface area contributed by atoms with E-state index in [0.717, 1.165) is 0 Å². The smallest absolute Gasteiger partial charge is 0.131 e. The first kappa shape index (κ1) is 13.8. The highest BCUT2D eigenvalue weighted by Gasteiger charge is 2.16. The Morgan fingerprint density at radius 1 is 1.05 bits per heavy atom. The maximum Gasteiger partial charge on any atom is 0.131 e. The van der Waals surface area contributed by atoms with Gasteiger partial charge in [0.1, 0.15) is 24.0 Å². The van der Waals surface area contributed by atoms with Gasteiger partial charge in [-0.1, -0.05) is 17.7 Å². The van der Waals surface area contributed by atoms with Crippen molar-refractivity contribution in [1.29, 1.82) is 0 Å². The van der Waals surface area contributed by atoms with Gasteiger partial charge in [-0.3, -0.25) is 0 Å². The van der Waals surface area contributed by atoms with E-state index in [2.05, 4.69) is 0 Å². The third-order valence-electron chi connectivity index (χ3n) is 2.61. The van der Waals surface area contributed by atoms with E-state index in [1.54, 1.807) is 24.3 Å². The Kier molecular flexibility index (Phi) is 4.35. The third-order valence-corrected chi connectivity index (χ3v) is 2.87. The fourth-order valence-electron chi connectivity index (χ4n) is 1.67. The summed E-state index contributed by atoms with van der Waals surface area (Å²) in [5.41, 5.74) is 5.57. The summed E-state index contributed by atoms with van der Waals surface area (Å²) in [4.78, 5) is 0. The Morgan fingerprint density at radius 2 is 1.63 bits per heavy atom. The molecular formula is C14H12ClF2NO. The average molecular weight is 284 g/mol. The van der Waals surface area contributed by atoms with Crippen LogP contribution in [-0.4, -0.2) is 6.61 Å². The Balaban J connectivity index is 2.05. The van der Waals surface area contributed by atoms with E-state index in [-0.39, 0.29) is 12.2 Å². The molecule has 0 amide bonds. The quantitative estimate of drug-likeness (QED) is 0.929. The van der Waals surface area contributed by atoms with Crippen LogP contribution in [-0.2, 0) is 0 Å². The molecule has 2 aromatic rings. The molecule has 19 heavy (non-hydrogen) atoms. The zero-order chi connectivity index (χ0) is 13.8. The van der Waals surface area contributed by atoms with E-state index in [0.29, 0.717) is 10.8 Å². The van der Waals surface area contributed by atoms with Crippen molar-refractivity contribution in [3.05, 3.63) is 64.7 Å². The number of rotatable bonds is 4. The van der Waals surface area contributed by atoms with E-state index in [1.807, 2.05) is 0 Å². The molecule has 0 heterocycles. The molecule has 100 valence electrons. The minimum absolute atomic E-state index is 0.0283. The molecule has 0 saturated heterocycles. The molecule has 0 aliphatic carbocycles. The van der Waals surface area contributed by atoms with Gasteiger partial charge in [0.05, 0.1) is 6.04 Å². The van der Waals surface area contributed by atoms with Gasteiger partial charge in [-0.05, 0) is 36.4 Å². The van der Waals surface area contributed by atoms with Gasteiger partial charge in [-0.15, -0.1) is 0 Å². The standard InChI is InChI=1S/C14H12ClF2NO/c15-9-4-6-10(7-5-9)19-8-13(18)14-11(16)2-1-3-12(14)17/h1-7,13H,8,18H2. The molecule has 5 heteroatoms. The van der Waals surface area contributed by atoms with Gasteiger partial charge in [0, 0.05) is 10.6 Å². The van der Waals surface area contributed by atoms with Crippen LogP contribution in [0.3, 0.4) is 0 Å². The molecule has 0 bridgehead atoms. The van der Waals surface area contributed by atoms with Gasteiger partial charge < -0.3 is 10.5 Å². The Labute approximate surface area is 114 Å². The number of nitrogens with two attached hydrogens (primary N) is 1. The first-order chi connectivity index (χ1) is 9.08. The van der Waals surface area contributed by atoms with Crippen molar-refractivity contribution in [1.82, 2.24) is 0 Å². The molecule has 2 aromatic carbocycles. The topological polar surface area (TPSA) is 35.2 Å². The second-order valence-electron chi connectivity index (χ2n) is 4.01. The van der Waals surface area contributed by atoms with Gasteiger partial charge in [0.15, 0.2) is 0 Å². The van der Waals surface area contributed by atoms with E-state index >= 15 is 0 Å². The van der Waals surface area contributed by atoms with Crippen LogP contribution in [0.2, 0.25) is 5.02 Å². The van der Waals surface area contributed by atoms with E-state index in [9.17, 15) is 8.78 Å². The van der Waals surface area contributed by atoms with Crippen LogP contribution >= 0.6 is 11.6 Å². The summed E-state index contributed by atoms with van der Waals surface area (Å²) in [6.45, 7) is -0.0283. The molecule has 1 unspecified atom stereocenters. The molecule has 2 nitrogen and oxygen atoms in total. The average Bonchev–Trinajstić information content (AvgIpc) is 2.38. The summed E-state index contributed by atoms with van der Waals surface area (Å²) in [6, 6.07) is 9.39. The number of hydrogen-bond donors (Lipinski definition) is 1. The Bertz CT molecular complexity index is 540. The first-order valence-corrected chi connectivity index (χ1v) is 6.03. The SMILES string of the molecule is NC(COc1ccc(Cl)cc1)c1c(F)cccc1F. The fraction of sp³-hybridized carbons (Fsp3) is 0.143. The normalized spacial score (nSPS) is 12.2.